The van der Waals surface area contributed by atoms with Crippen molar-refractivity contribution in [1.29, 1.82) is 0 Å². The van der Waals surface area contributed by atoms with Crippen LogP contribution in [0.3, 0.4) is 0 Å². The van der Waals surface area contributed by atoms with Gasteiger partial charge < -0.3 is 0 Å². The van der Waals surface area contributed by atoms with Crippen LogP contribution in [0.25, 0.3) is 5.69 Å². The molecule has 0 atom stereocenters. The predicted molar refractivity (Wildman–Crippen MR) is 58.4 cm³/mol. The minimum absolute atomic E-state index is 0.286. The van der Waals surface area contributed by atoms with E-state index in [9.17, 15) is 4.39 Å². The average molecular weight is 221 g/mol. The Morgan fingerprint density at radius 2 is 1.88 bits per heavy atom. The van der Waals surface area contributed by atoms with Crippen molar-refractivity contribution in [2.75, 3.05) is 5.48 Å². The van der Waals surface area contributed by atoms with Gasteiger partial charge in [-0.1, -0.05) is 0 Å². The van der Waals surface area contributed by atoms with E-state index in [0.29, 0.717) is 11.4 Å². The number of hydrogen-bond acceptors (Lipinski definition) is 3. The van der Waals surface area contributed by atoms with Crippen LogP contribution in [0.5, 0.6) is 0 Å². The molecule has 0 fully saturated rings. The van der Waals surface area contributed by atoms with Crippen molar-refractivity contribution in [2.45, 2.75) is 13.8 Å². The molecule has 0 unspecified atom stereocenters. The highest BCUT2D eigenvalue weighted by atomic mass is 19.1. The smallest absolute Gasteiger partial charge is 0.123 e. The Balaban J connectivity index is 2.52. The molecule has 0 aliphatic carbocycles. The summed E-state index contributed by atoms with van der Waals surface area (Å²) in [4.78, 5) is 0. The van der Waals surface area contributed by atoms with E-state index < -0.39 is 0 Å². The van der Waals surface area contributed by atoms with Gasteiger partial charge in [0.05, 0.1) is 17.1 Å². The summed E-state index contributed by atoms with van der Waals surface area (Å²) < 4.78 is 14.4. The van der Waals surface area contributed by atoms with Gasteiger partial charge in [0.1, 0.15) is 11.5 Å². The number of anilines is 1. The Morgan fingerprint density at radius 3 is 2.38 bits per heavy atom. The number of aryl methyl sites for hydroxylation is 1. The molecule has 0 spiro atoms. The summed E-state index contributed by atoms with van der Waals surface area (Å²) in [6.45, 7) is 3.60. The van der Waals surface area contributed by atoms with E-state index in [1.54, 1.807) is 23.7 Å². The largest absolute Gasteiger partial charge is 0.291 e. The maximum Gasteiger partial charge on any atom is 0.123 e. The summed E-state index contributed by atoms with van der Waals surface area (Å²) in [5.74, 6) is -0.286. The molecular weight excluding hydrogens is 209 g/mol. The minimum Gasteiger partial charge on any atom is -0.291 e. The zero-order valence-corrected chi connectivity index (χ0v) is 9.03. The fourth-order valence-electron chi connectivity index (χ4n) is 1.64. The van der Waals surface area contributed by atoms with Gasteiger partial charge in [0.15, 0.2) is 0 Å². The summed E-state index contributed by atoms with van der Waals surface area (Å²) in [7, 11) is 0. The molecule has 0 aliphatic rings. The molecule has 0 amide bonds. The third-order valence-electron chi connectivity index (χ3n) is 2.47. The lowest BCUT2D eigenvalue weighted by Crippen LogP contribution is -1.99. The lowest BCUT2D eigenvalue weighted by Gasteiger charge is -2.04. The van der Waals surface area contributed by atoms with Gasteiger partial charge in [-0.05, 0) is 38.1 Å². The van der Waals surface area contributed by atoms with Gasteiger partial charge >= 0.3 is 0 Å². The number of nitrogens with one attached hydrogen (secondary N) is 1. The van der Waals surface area contributed by atoms with E-state index in [0.717, 1.165) is 11.4 Å². The van der Waals surface area contributed by atoms with Gasteiger partial charge in [-0.15, -0.1) is 0 Å². The third-order valence-corrected chi connectivity index (χ3v) is 2.47. The zero-order valence-electron chi connectivity index (χ0n) is 9.03. The molecule has 2 rings (SSSR count). The van der Waals surface area contributed by atoms with Crippen LogP contribution in [-0.4, -0.2) is 15.0 Å². The molecule has 2 aromatic rings. The molecular formula is C11H12FN3O. The van der Waals surface area contributed by atoms with Gasteiger partial charge in [0.2, 0.25) is 0 Å². The predicted octanol–water partition coefficient (Wildman–Crippen LogP) is 2.43. The first-order valence-corrected chi connectivity index (χ1v) is 4.85. The Morgan fingerprint density at radius 1 is 1.25 bits per heavy atom. The van der Waals surface area contributed by atoms with Crippen LogP contribution in [0, 0.1) is 19.7 Å². The molecule has 84 valence electrons. The van der Waals surface area contributed by atoms with Crippen molar-refractivity contribution in [3.05, 3.63) is 41.5 Å². The van der Waals surface area contributed by atoms with Crippen molar-refractivity contribution in [1.82, 2.24) is 9.78 Å². The third kappa shape index (κ3) is 1.65. The van der Waals surface area contributed by atoms with Crippen LogP contribution in [0.15, 0.2) is 24.3 Å². The summed E-state index contributed by atoms with van der Waals surface area (Å²) in [6.07, 6.45) is 0. The van der Waals surface area contributed by atoms with Crippen molar-refractivity contribution in [2.24, 2.45) is 0 Å². The average Bonchev–Trinajstić information content (AvgIpc) is 2.55. The van der Waals surface area contributed by atoms with Gasteiger partial charge in [-0.3, -0.25) is 10.7 Å². The summed E-state index contributed by atoms with van der Waals surface area (Å²) in [6, 6.07) is 6.02. The van der Waals surface area contributed by atoms with E-state index in [2.05, 4.69) is 10.6 Å². The quantitative estimate of drug-likeness (QED) is 0.766. The molecule has 5 heteroatoms. The number of halogens is 1. The minimum atomic E-state index is -0.286. The Hall–Kier alpha value is -1.88. The molecule has 1 heterocycles. The molecule has 0 bridgehead atoms. The monoisotopic (exact) mass is 221 g/mol. The lowest BCUT2D eigenvalue weighted by atomic mass is 10.3. The van der Waals surface area contributed by atoms with Crippen molar-refractivity contribution >= 4 is 5.69 Å². The molecule has 2 N–H and O–H groups in total. The first-order valence-electron chi connectivity index (χ1n) is 4.85. The zero-order chi connectivity index (χ0) is 11.7. The summed E-state index contributed by atoms with van der Waals surface area (Å²) in [5, 5.41) is 13.2. The van der Waals surface area contributed by atoms with Gasteiger partial charge in [-0.25, -0.2) is 9.07 Å². The molecule has 1 aromatic heterocycles. The van der Waals surface area contributed by atoms with Crippen LogP contribution in [0.1, 0.15) is 11.4 Å². The highest BCUT2D eigenvalue weighted by molar-refractivity contribution is 5.52. The van der Waals surface area contributed by atoms with Crippen molar-refractivity contribution in [3.8, 4) is 5.69 Å². The van der Waals surface area contributed by atoms with E-state index in [1.807, 2.05) is 6.92 Å². The SMILES string of the molecule is Cc1nn(-c2ccc(F)cc2)c(C)c1NO. The van der Waals surface area contributed by atoms with E-state index in [1.165, 1.54) is 12.1 Å². The number of hydrogen-bond donors (Lipinski definition) is 2. The number of rotatable bonds is 2. The highest BCUT2D eigenvalue weighted by Crippen LogP contribution is 2.21. The Labute approximate surface area is 92.3 Å². The topological polar surface area (TPSA) is 50.1 Å². The lowest BCUT2D eigenvalue weighted by molar-refractivity contribution is 0.388. The number of nitrogens with zero attached hydrogens (tertiary/aromatic N) is 2. The van der Waals surface area contributed by atoms with Crippen LogP contribution in [-0.2, 0) is 0 Å². The second-order valence-electron chi connectivity index (χ2n) is 3.55. The summed E-state index contributed by atoms with van der Waals surface area (Å²) in [5.41, 5.74) is 4.89. The van der Waals surface area contributed by atoms with E-state index in [-0.39, 0.29) is 5.82 Å². The normalized spacial score (nSPS) is 10.5. The standard InChI is InChI=1S/C11H12FN3O/c1-7-11(14-16)8(2)15(13-7)10-5-3-9(12)4-6-10/h3-6,14,16H,1-2H3. The second kappa shape index (κ2) is 3.94. The van der Waals surface area contributed by atoms with Crippen LogP contribution < -0.4 is 5.48 Å². The first kappa shape index (κ1) is 10.6. The maximum atomic E-state index is 12.8. The molecule has 0 saturated carbocycles. The number of benzene rings is 1. The summed E-state index contributed by atoms with van der Waals surface area (Å²) >= 11 is 0. The first-order chi connectivity index (χ1) is 7.63. The van der Waals surface area contributed by atoms with E-state index in [4.69, 9.17) is 5.21 Å². The molecule has 16 heavy (non-hydrogen) atoms. The van der Waals surface area contributed by atoms with Crippen molar-refractivity contribution < 1.29 is 9.60 Å². The molecule has 0 radical (unpaired) electrons. The Kier molecular flexibility index (Phi) is 2.62. The molecule has 1 aromatic carbocycles. The van der Waals surface area contributed by atoms with Gasteiger partial charge in [0, 0.05) is 0 Å². The van der Waals surface area contributed by atoms with Crippen molar-refractivity contribution in [3.63, 3.8) is 0 Å². The van der Waals surface area contributed by atoms with E-state index >= 15 is 0 Å². The van der Waals surface area contributed by atoms with Crippen LogP contribution in [0.2, 0.25) is 0 Å². The maximum absolute atomic E-state index is 12.8. The Bertz CT molecular complexity index is 505. The second-order valence-corrected chi connectivity index (χ2v) is 3.55. The highest BCUT2D eigenvalue weighted by Gasteiger charge is 2.11. The molecule has 0 aliphatic heterocycles. The molecule has 4 nitrogen and oxygen atoms in total. The fourth-order valence-corrected chi connectivity index (χ4v) is 1.64. The van der Waals surface area contributed by atoms with Gasteiger partial charge in [0.25, 0.3) is 0 Å². The van der Waals surface area contributed by atoms with Crippen LogP contribution >= 0.6 is 0 Å². The van der Waals surface area contributed by atoms with Crippen LogP contribution in [0.4, 0.5) is 10.1 Å². The van der Waals surface area contributed by atoms with Gasteiger partial charge in [-0.2, -0.15) is 5.10 Å². The fraction of sp³-hybridized carbons (Fsp3) is 0.182. The number of aromatic nitrogens is 2. The molecule has 0 saturated heterocycles.